The summed E-state index contributed by atoms with van der Waals surface area (Å²) in [5.74, 6) is 1.09. The molecule has 0 saturated carbocycles. The number of nitrogens with zero attached hydrogens (tertiary/aromatic N) is 1. The van der Waals surface area contributed by atoms with Crippen LogP contribution in [0.4, 0.5) is 0 Å². The van der Waals surface area contributed by atoms with Crippen LogP contribution in [0, 0.1) is 0 Å². The van der Waals surface area contributed by atoms with Crippen molar-refractivity contribution in [3.63, 3.8) is 0 Å². The molecule has 0 fully saturated rings. The van der Waals surface area contributed by atoms with Gasteiger partial charge in [-0.05, 0) is 37.8 Å². The Morgan fingerprint density at radius 1 is 1.22 bits per heavy atom. The lowest BCUT2D eigenvalue weighted by molar-refractivity contribution is -0.458. The Labute approximate surface area is 132 Å². The maximum atomic E-state index is 5.14. The molecule has 0 saturated heterocycles. The Balaban J connectivity index is 3.71. The molecule has 18 heavy (non-hydrogen) atoms. The van der Waals surface area contributed by atoms with E-state index >= 15 is 0 Å². The van der Waals surface area contributed by atoms with Crippen molar-refractivity contribution in [3.05, 3.63) is 0 Å². The minimum atomic E-state index is -0.0835. The molecule has 0 aliphatic rings. The van der Waals surface area contributed by atoms with E-state index in [9.17, 15) is 0 Å². The first-order valence-electron chi connectivity index (χ1n) is 5.30. The highest BCUT2D eigenvalue weighted by molar-refractivity contribution is 9.30. The number of hydrogen-bond acceptors (Lipinski definition) is 7. The van der Waals surface area contributed by atoms with Crippen LogP contribution in [0.2, 0.25) is 0 Å². The monoisotopic (exact) mass is 362 g/mol. The lowest BCUT2D eigenvalue weighted by atomic mass is 10.6. The largest absolute Gasteiger partial charge is 0.359 e. The first-order chi connectivity index (χ1) is 8.65. The molecule has 0 atom stereocenters. The van der Waals surface area contributed by atoms with Crippen LogP contribution in [0.25, 0.3) is 0 Å². The van der Waals surface area contributed by atoms with Crippen molar-refractivity contribution < 1.29 is 14.0 Å². The number of rotatable bonds is 9. The van der Waals surface area contributed by atoms with Crippen molar-refractivity contribution in [1.82, 2.24) is 0 Å². The number of thioether (sulfide) groups is 1. The standard InChI is InChI=1S/C9H20NO2S5Si/c1-6-7-13-8(10(2)3)14-15-16-17-18-9(11-4)12-5/h9H,6-7H2,1-5H3/q+1. The molecule has 0 spiro atoms. The molecule has 3 nitrogen and oxygen atoms in total. The molecule has 106 valence electrons. The van der Waals surface area contributed by atoms with E-state index in [0.29, 0.717) is 8.67 Å². The van der Waals surface area contributed by atoms with Gasteiger partial charge in [-0.25, -0.2) is 4.58 Å². The molecule has 0 aromatic rings. The van der Waals surface area contributed by atoms with Crippen LogP contribution in [0.5, 0.6) is 0 Å². The highest BCUT2D eigenvalue weighted by Crippen LogP contribution is 2.44. The van der Waals surface area contributed by atoms with Gasteiger partial charge in [-0.3, -0.25) is 0 Å². The average molecular weight is 363 g/mol. The number of methoxy groups -OCH3 is 2. The van der Waals surface area contributed by atoms with Gasteiger partial charge < -0.3 is 9.47 Å². The molecule has 0 rings (SSSR count). The summed E-state index contributed by atoms with van der Waals surface area (Å²) in [5.41, 5.74) is 0. The maximum absolute atomic E-state index is 5.14. The zero-order valence-electron chi connectivity index (χ0n) is 11.3. The highest BCUT2D eigenvalue weighted by Gasteiger charge is 2.12. The maximum Gasteiger partial charge on any atom is 0.281 e. The SMILES string of the molecule is CCCSC(SSSS[Si]C(OC)OC)=[N+](C)C. The van der Waals surface area contributed by atoms with Crippen LogP contribution in [0.1, 0.15) is 13.3 Å². The number of ether oxygens (including phenoxy) is 2. The van der Waals surface area contributed by atoms with Gasteiger partial charge in [0.2, 0.25) is 8.67 Å². The predicted molar refractivity (Wildman–Crippen MR) is 93.8 cm³/mol. The fraction of sp³-hybridized carbons (Fsp3) is 0.889. The van der Waals surface area contributed by atoms with E-state index in [4.69, 9.17) is 9.47 Å². The Kier molecular flexibility index (Phi) is 14.7. The van der Waals surface area contributed by atoms with Gasteiger partial charge in [0, 0.05) is 30.8 Å². The van der Waals surface area contributed by atoms with Gasteiger partial charge in [0.05, 0.1) is 0 Å². The molecule has 0 heterocycles. The quantitative estimate of drug-likeness (QED) is 0.117. The van der Waals surface area contributed by atoms with Crippen molar-refractivity contribution in [2.24, 2.45) is 0 Å². The van der Waals surface area contributed by atoms with E-state index in [0.717, 1.165) is 0 Å². The Morgan fingerprint density at radius 2 is 1.89 bits per heavy atom. The lowest BCUT2D eigenvalue weighted by Crippen LogP contribution is -2.18. The van der Waals surface area contributed by atoms with Gasteiger partial charge in [0.15, 0.2) is 0 Å². The summed E-state index contributed by atoms with van der Waals surface area (Å²) in [6.45, 7) is 2.21. The van der Waals surface area contributed by atoms with Crippen molar-refractivity contribution in [2.45, 2.75) is 19.3 Å². The van der Waals surface area contributed by atoms with E-state index in [1.54, 1.807) is 44.1 Å². The first-order valence-corrected chi connectivity index (χ1v) is 12.9. The van der Waals surface area contributed by atoms with Gasteiger partial charge in [-0.2, -0.15) is 0 Å². The molecular formula is C9H20NO2S5Si+. The molecular weight excluding hydrogens is 343 g/mol. The lowest BCUT2D eigenvalue weighted by Gasteiger charge is -2.10. The molecule has 0 aromatic heterocycles. The van der Waals surface area contributed by atoms with E-state index < -0.39 is 0 Å². The van der Waals surface area contributed by atoms with E-state index in [1.165, 1.54) is 16.5 Å². The van der Waals surface area contributed by atoms with Crippen molar-refractivity contribution >= 4 is 65.5 Å². The fourth-order valence-corrected chi connectivity index (χ4v) is 12.2. The van der Waals surface area contributed by atoms with Crippen LogP contribution in [-0.2, 0) is 9.47 Å². The molecule has 0 aromatic carbocycles. The molecule has 0 bridgehead atoms. The normalized spacial score (nSPS) is 11.0. The summed E-state index contributed by atoms with van der Waals surface area (Å²) in [4.78, 5) is 0. The summed E-state index contributed by atoms with van der Waals surface area (Å²) in [6.07, 6.45) is 1.21. The molecule has 0 aliphatic heterocycles. The van der Waals surface area contributed by atoms with Crippen LogP contribution in [0.3, 0.4) is 0 Å². The zero-order valence-corrected chi connectivity index (χ0v) is 16.4. The topological polar surface area (TPSA) is 21.5 Å². The average Bonchev–Trinajstić information content (AvgIpc) is 2.37. The smallest absolute Gasteiger partial charge is 0.281 e. The van der Waals surface area contributed by atoms with Gasteiger partial charge in [-0.1, -0.05) is 6.92 Å². The van der Waals surface area contributed by atoms with Gasteiger partial charge in [0.25, 0.3) is 4.38 Å². The molecule has 0 unspecified atom stereocenters. The van der Waals surface area contributed by atoms with Crippen LogP contribution in [-0.4, -0.2) is 57.6 Å². The summed E-state index contributed by atoms with van der Waals surface area (Å²) in [6, 6.07) is 0. The summed E-state index contributed by atoms with van der Waals surface area (Å²) >= 11 is 1.92. The van der Waals surface area contributed by atoms with Crippen LogP contribution >= 0.6 is 52.5 Å². The second-order valence-corrected chi connectivity index (χ2v) is 12.7. The minimum Gasteiger partial charge on any atom is -0.359 e. The molecule has 2 radical (unpaired) electrons. The van der Waals surface area contributed by atoms with Gasteiger partial charge in [-0.15, -0.1) is 10.2 Å². The molecule has 9 heteroatoms. The van der Waals surface area contributed by atoms with E-state index in [-0.39, 0.29) is 5.91 Å². The Hall–Kier alpha value is 1.56. The Morgan fingerprint density at radius 3 is 2.39 bits per heavy atom. The third kappa shape index (κ3) is 10.4. The Bertz CT molecular complexity index is 237. The molecule has 0 N–H and O–H groups in total. The van der Waals surface area contributed by atoms with Crippen molar-refractivity contribution in [1.29, 1.82) is 0 Å². The second kappa shape index (κ2) is 13.5. The number of hydrogen-bond donors (Lipinski definition) is 0. The summed E-state index contributed by atoms with van der Waals surface area (Å²) in [5, 5.41) is 0. The summed E-state index contributed by atoms with van der Waals surface area (Å²) < 4.78 is 13.8. The van der Waals surface area contributed by atoms with Crippen LogP contribution < -0.4 is 0 Å². The highest BCUT2D eigenvalue weighted by atomic mass is 33.7. The van der Waals surface area contributed by atoms with Gasteiger partial charge >= 0.3 is 0 Å². The van der Waals surface area contributed by atoms with E-state index in [1.807, 2.05) is 22.6 Å². The zero-order chi connectivity index (χ0) is 13.8. The van der Waals surface area contributed by atoms with Crippen molar-refractivity contribution in [2.75, 3.05) is 34.1 Å². The second-order valence-electron chi connectivity index (χ2n) is 3.23. The fourth-order valence-electron chi connectivity index (χ4n) is 0.725. The molecule has 0 amide bonds. The first kappa shape index (κ1) is 19.6. The molecule has 0 aliphatic carbocycles. The van der Waals surface area contributed by atoms with Crippen molar-refractivity contribution in [3.8, 4) is 0 Å². The third-order valence-corrected chi connectivity index (χ3v) is 13.0. The minimum absolute atomic E-state index is 0.0835. The van der Waals surface area contributed by atoms with Gasteiger partial charge in [0.1, 0.15) is 20.0 Å². The summed E-state index contributed by atoms with van der Waals surface area (Å²) in [7, 11) is 15.3. The van der Waals surface area contributed by atoms with E-state index in [2.05, 4.69) is 25.6 Å². The van der Waals surface area contributed by atoms with Crippen LogP contribution in [0.15, 0.2) is 0 Å². The third-order valence-electron chi connectivity index (χ3n) is 1.53. The predicted octanol–water partition coefficient (Wildman–Crippen LogP) is 3.63.